The molecule has 0 bridgehead atoms. The molecule has 0 aliphatic heterocycles. The number of nitrogens with one attached hydrogen (secondary N) is 1. The van der Waals surface area contributed by atoms with E-state index in [1.54, 1.807) is 4.90 Å². The molecule has 3 nitrogen and oxygen atoms in total. The minimum absolute atomic E-state index is 0.135. The van der Waals surface area contributed by atoms with Crippen molar-refractivity contribution in [1.82, 2.24) is 10.2 Å². The number of nitrogens with zero attached hydrogens (tertiary/aromatic N) is 1. The first-order valence-electron chi connectivity index (χ1n) is 6.21. The van der Waals surface area contributed by atoms with Crippen LogP contribution in [0.3, 0.4) is 0 Å². The number of likely N-dealkylation sites (N-methyl/N-ethyl adjacent to an activating group) is 1. The van der Waals surface area contributed by atoms with Crippen molar-refractivity contribution in [3.63, 3.8) is 0 Å². The second kappa shape index (κ2) is 7.54. The lowest BCUT2D eigenvalue weighted by Crippen LogP contribution is -2.38. The fourth-order valence-electron chi connectivity index (χ4n) is 1.54. The summed E-state index contributed by atoms with van der Waals surface area (Å²) < 4.78 is 1.10. The summed E-state index contributed by atoms with van der Waals surface area (Å²) in [6, 6.07) is 8.45. The van der Waals surface area contributed by atoms with Crippen LogP contribution in [0.25, 0.3) is 0 Å². The SMILES string of the molecule is CC(C)NCC(=O)N(C)CCc1ccccc1Br. The predicted octanol–water partition coefficient (Wildman–Crippen LogP) is 2.45. The Kier molecular flexibility index (Phi) is 6.36. The molecule has 0 spiro atoms. The van der Waals surface area contributed by atoms with Gasteiger partial charge in [-0.3, -0.25) is 4.79 Å². The lowest BCUT2D eigenvalue weighted by molar-refractivity contribution is -0.129. The van der Waals surface area contributed by atoms with E-state index in [0.717, 1.165) is 17.4 Å². The lowest BCUT2D eigenvalue weighted by Gasteiger charge is -2.18. The van der Waals surface area contributed by atoms with Crippen LogP contribution in [0.2, 0.25) is 0 Å². The molecule has 0 fully saturated rings. The number of rotatable bonds is 6. The highest BCUT2D eigenvalue weighted by molar-refractivity contribution is 9.10. The van der Waals surface area contributed by atoms with Crippen molar-refractivity contribution in [2.75, 3.05) is 20.1 Å². The summed E-state index contributed by atoms with van der Waals surface area (Å²) in [5.41, 5.74) is 1.23. The van der Waals surface area contributed by atoms with Gasteiger partial charge < -0.3 is 10.2 Å². The van der Waals surface area contributed by atoms with E-state index in [0.29, 0.717) is 12.6 Å². The first-order chi connectivity index (χ1) is 8.50. The molecule has 0 aliphatic rings. The molecule has 1 N–H and O–H groups in total. The molecule has 1 aromatic carbocycles. The molecule has 0 aromatic heterocycles. The van der Waals surface area contributed by atoms with Crippen LogP contribution in [0, 0.1) is 0 Å². The third-order valence-electron chi connectivity index (χ3n) is 2.76. The molecule has 0 saturated carbocycles. The largest absolute Gasteiger partial charge is 0.344 e. The Bertz CT molecular complexity index is 393. The van der Waals surface area contributed by atoms with Crippen LogP contribution >= 0.6 is 15.9 Å². The standard InChI is InChI=1S/C14H21BrN2O/c1-11(2)16-10-14(18)17(3)9-8-12-6-4-5-7-13(12)15/h4-7,11,16H,8-10H2,1-3H3. The zero-order chi connectivity index (χ0) is 13.5. The van der Waals surface area contributed by atoms with E-state index in [4.69, 9.17) is 0 Å². The molecule has 18 heavy (non-hydrogen) atoms. The molecule has 1 rings (SSSR count). The third-order valence-corrected chi connectivity index (χ3v) is 3.54. The van der Waals surface area contributed by atoms with E-state index in [1.807, 2.05) is 39.1 Å². The van der Waals surface area contributed by atoms with Crippen molar-refractivity contribution in [1.29, 1.82) is 0 Å². The fourth-order valence-corrected chi connectivity index (χ4v) is 2.02. The average Bonchev–Trinajstić information content (AvgIpc) is 2.34. The number of hydrogen-bond acceptors (Lipinski definition) is 2. The first kappa shape index (κ1) is 15.2. The first-order valence-corrected chi connectivity index (χ1v) is 7.00. The van der Waals surface area contributed by atoms with Crippen LogP contribution in [0.4, 0.5) is 0 Å². The van der Waals surface area contributed by atoms with E-state index >= 15 is 0 Å². The van der Waals surface area contributed by atoms with Gasteiger partial charge in [-0.15, -0.1) is 0 Å². The minimum atomic E-state index is 0.135. The topological polar surface area (TPSA) is 32.3 Å². The Morgan fingerprint density at radius 1 is 1.39 bits per heavy atom. The Morgan fingerprint density at radius 3 is 2.67 bits per heavy atom. The van der Waals surface area contributed by atoms with Gasteiger partial charge in [0, 0.05) is 24.1 Å². The summed E-state index contributed by atoms with van der Waals surface area (Å²) >= 11 is 3.52. The van der Waals surface area contributed by atoms with Crippen LogP contribution in [0.1, 0.15) is 19.4 Å². The number of amides is 1. The number of carbonyl (C=O) groups excluding carboxylic acids is 1. The Labute approximate surface area is 118 Å². The molecule has 4 heteroatoms. The number of benzene rings is 1. The Morgan fingerprint density at radius 2 is 2.06 bits per heavy atom. The quantitative estimate of drug-likeness (QED) is 0.875. The fraction of sp³-hybridized carbons (Fsp3) is 0.500. The lowest BCUT2D eigenvalue weighted by atomic mass is 10.1. The van der Waals surface area contributed by atoms with Gasteiger partial charge in [-0.25, -0.2) is 0 Å². The molecular formula is C14H21BrN2O. The molecule has 0 saturated heterocycles. The van der Waals surface area contributed by atoms with Crippen LogP contribution < -0.4 is 5.32 Å². The van der Waals surface area contributed by atoms with Gasteiger partial charge in [-0.2, -0.15) is 0 Å². The maximum Gasteiger partial charge on any atom is 0.236 e. The summed E-state index contributed by atoms with van der Waals surface area (Å²) in [6.07, 6.45) is 0.866. The van der Waals surface area contributed by atoms with Crippen LogP contribution in [-0.4, -0.2) is 37.0 Å². The van der Waals surface area contributed by atoms with Crippen molar-refractivity contribution < 1.29 is 4.79 Å². The molecule has 0 unspecified atom stereocenters. The molecule has 0 atom stereocenters. The molecular weight excluding hydrogens is 292 g/mol. The van der Waals surface area contributed by atoms with Gasteiger partial charge in [-0.05, 0) is 18.1 Å². The number of carbonyl (C=O) groups is 1. The summed E-state index contributed by atoms with van der Waals surface area (Å²) in [5.74, 6) is 0.135. The Hall–Kier alpha value is -0.870. The zero-order valence-corrected chi connectivity index (χ0v) is 12.8. The number of halogens is 1. The molecule has 0 radical (unpaired) electrons. The van der Waals surface area contributed by atoms with E-state index < -0.39 is 0 Å². The monoisotopic (exact) mass is 312 g/mol. The van der Waals surface area contributed by atoms with Gasteiger partial charge in [0.25, 0.3) is 0 Å². The summed E-state index contributed by atoms with van der Waals surface area (Å²) in [7, 11) is 1.85. The average molecular weight is 313 g/mol. The minimum Gasteiger partial charge on any atom is -0.344 e. The van der Waals surface area contributed by atoms with E-state index in [9.17, 15) is 4.79 Å². The van der Waals surface area contributed by atoms with Crippen LogP contribution in [0.15, 0.2) is 28.7 Å². The molecule has 1 aromatic rings. The van der Waals surface area contributed by atoms with Gasteiger partial charge in [0.15, 0.2) is 0 Å². The highest BCUT2D eigenvalue weighted by Gasteiger charge is 2.09. The van der Waals surface area contributed by atoms with Gasteiger partial charge in [0.05, 0.1) is 6.54 Å². The maximum absolute atomic E-state index is 11.8. The molecule has 0 heterocycles. The third kappa shape index (κ3) is 5.19. The van der Waals surface area contributed by atoms with Crippen LogP contribution in [-0.2, 0) is 11.2 Å². The van der Waals surface area contributed by atoms with Crippen molar-refractivity contribution >= 4 is 21.8 Å². The normalized spacial score (nSPS) is 10.7. The summed E-state index contributed by atoms with van der Waals surface area (Å²) in [6.45, 7) is 5.22. The summed E-state index contributed by atoms with van der Waals surface area (Å²) in [5, 5.41) is 3.14. The maximum atomic E-state index is 11.8. The number of hydrogen-bond donors (Lipinski definition) is 1. The van der Waals surface area contributed by atoms with E-state index in [-0.39, 0.29) is 5.91 Å². The van der Waals surface area contributed by atoms with Crippen molar-refractivity contribution in [3.05, 3.63) is 34.3 Å². The molecule has 1 amide bonds. The van der Waals surface area contributed by atoms with Crippen molar-refractivity contribution in [2.24, 2.45) is 0 Å². The predicted molar refractivity (Wildman–Crippen MR) is 78.6 cm³/mol. The van der Waals surface area contributed by atoms with Gasteiger partial charge in [0.1, 0.15) is 0 Å². The zero-order valence-electron chi connectivity index (χ0n) is 11.2. The van der Waals surface area contributed by atoms with E-state index in [2.05, 4.69) is 27.3 Å². The second-order valence-corrected chi connectivity index (χ2v) is 5.55. The summed E-state index contributed by atoms with van der Waals surface area (Å²) in [4.78, 5) is 13.6. The smallest absolute Gasteiger partial charge is 0.236 e. The Balaban J connectivity index is 2.39. The molecule has 0 aliphatic carbocycles. The van der Waals surface area contributed by atoms with Crippen molar-refractivity contribution in [3.8, 4) is 0 Å². The van der Waals surface area contributed by atoms with E-state index in [1.165, 1.54) is 5.56 Å². The second-order valence-electron chi connectivity index (χ2n) is 4.69. The van der Waals surface area contributed by atoms with Gasteiger partial charge in [0.2, 0.25) is 5.91 Å². The highest BCUT2D eigenvalue weighted by atomic mass is 79.9. The highest BCUT2D eigenvalue weighted by Crippen LogP contribution is 2.16. The van der Waals surface area contributed by atoms with Gasteiger partial charge in [-0.1, -0.05) is 48.0 Å². The van der Waals surface area contributed by atoms with Crippen LogP contribution in [0.5, 0.6) is 0 Å². The van der Waals surface area contributed by atoms with Crippen molar-refractivity contribution in [2.45, 2.75) is 26.3 Å². The molecule has 100 valence electrons. The van der Waals surface area contributed by atoms with Gasteiger partial charge >= 0.3 is 0 Å².